The third-order valence-corrected chi connectivity index (χ3v) is 4.93. The number of hydrogen-bond acceptors (Lipinski definition) is 3. The van der Waals surface area contributed by atoms with Crippen LogP contribution in [0.15, 0.2) is 23.2 Å². The van der Waals surface area contributed by atoms with Crippen molar-refractivity contribution < 1.29 is 13.5 Å². The number of hydrogen-bond donors (Lipinski definition) is 0. The summed E-state index contributed by atoms with van der Waals surface area (Å²) in [6.07, 6.45) is 0.862. The van der Waals surface area contributed by atoms with E-state index in [2.05, 4.69) is 4.99 Å². The van der Waals surface area contributed by atoms with Gasteiger partial charge in [-0.2, -0.15) is 0 Å². The fraction of sp³-hybridized carbons (Fsp3) is 0.500. The van der Waals surface area contributed by atoms with Crippen molar-refractivity contribution in [1.29, 1.82) is 0 Å². The molecule has 0 spiro atoms. The minimum absolute atomic E-state index is 0.245. The lowest BCUT2D eigenvalue weighted by Gasteiger charge is -2.44. The van der Waals surface area contributed by atoms with Crippen LogP contribution in [0.5, 0.6) is 0 Å². The van der Waals surface area contributed by atoms with E-state index in [4.69, 9.17) is 4.74 Å². The fourth-order valence-electron chi connectivity index (χ4n) is 2.89. The number of fused-ring (bicyclic) bond motifs is 1. The first-order valence-corrected chi connectivity index (χ1v) is 7.33. The number of ether oxygens (including phenoxy) is 1. The lowest BCUT2D eigenvalue weighted by Crippen LogP contribution is -2.46. The first kappa shape index (κ1) is 13.1. The van der Waals surface area contributed by atoms with E-state index in [0.29, 0.717) is 18.8 Å². The molecular weight excluding hydrogens is 268 g/mol. The molecule has 19 heavy (non-hydrogen) atoms. The highest BCUT2D eigenvalue weighted by molar-refractivity contribution is 8.13. The number of thioether (sulfide) groups is 1. The highest BCUT2D eigenvalue weighted by Gasteiger charge is 2.46. The van der Waals surface area contributed by atoms with Crippen molar-refractivity contribution in [3.05, 3.63) is 35.4 Å². The summed E-state index contributed by atoms with van der Waals surface area (Å²) in [5, 5.41) is 0.936. The Kier molecular flexibility index (Phi) is 3.35. The maximum absolute atomic E-state index is 14.2. The number of aliphatic imine (C=N–C) groups is 1. The molecule has 5 heteroatoms. The second kappa shape index (κ2) is 4.87. The number of rotatable bonds is 1. The third-order valence-electron chi connectivity index (χ3n) is 3.86. The van der Waals surface area contributed by atoms with Crippen molar-refractivity contribution in [3.63, 3.8) is 0 Å². The molecule has 0 aliphatic carbocycles. The van der Waals surface area contributed by atoms with Gasteiger partial charge >= 0.3 is 0 Å². The largest absolute Gasteiger partial charge is 0.379 e. The lowest BCUT2D eigenvalue weighted by molar-refractivity contribution is 0.00300. The lowest BCUT2D eigenvalue weighted by atomic mass is 9.76. The van der Waals surface area contributed by atoms with E-state index in [0.717, 1.165) is 23.3 Å². The maximum Gasteiger partial charge on any atom is 0.131 e. The van der Waals surface area contributed by atoms with Crippen LogP contribution < -0.4 is 0 Å². The minimum atomic E-state index is -0.675. The van der Waals surface area contributed by atoms with E-state index in [9.17, 15) is 8.78 Å². The van der Waals surface area contributed by atoms with Crippen molar-refractivity contribution in [1.82, 2.24) is 0 Å². The van der Waals surface area contributed by atoms with Gasteiger partial charge in [-0.05, 0) is 19.4 Å². The molecule has 0 saturated carbocycles. The summed E-state index contributed by atoms with van der Waals surface area (Å²) in [5.41, 5.74) is -0.219. The number of halogens is 2. The third kappa shape index (κ3) is 2.19. The summed E-state index contributed by atoms with van der Waals surface area (Å²) in [6.45, 7) is 2.99. The van der Waals surface area contributed by atoms with Crippen LogP contribution in [0.1, 0.15) is 18.9 Å². The zero-order valence-corrected chi connectivity index (χ0v) is 11.5. The van der Waals surface area contributed by atoms with Gasteiger partial charge in [0.05, 0.1) is 11.7 Å². The highest BCUT2D eigenvalue weighted by atomic mass is 32.2. The zero-order valence-electron chi connectivity index (χ0n) is 10.7. The maximum atomic E-state index is 14.2. The van der Waals surface area contributed by atoms with E-state index in [1.165, 1.54) is 12.1 Å². The number of benzene rings is 1. The Bertz CT molecular complexity index is 534. The predicted octanol–water partition coefficient (Wildman–Crippen LogP) is 3.36. The smallest absolute Gasteiger partial charge is 0.131 e. The molecule has 1 saturated heterocycles. The van der Waals surface area contributed by atoms with Crippen LogP contribution in [0.4, 0.5) is 8.78 Å². The van der Waals surface area contributed by atoms with Gasteiger partial charge in [0, 0.05) is 29.9 Å². The van der Waals surface area contributed by atoms with Crippen molar-refractivity contribution in [2.45, 2.75) is 18.9 Å². The molecule has 0 aromatic heterocycles. The van der Waals surface area contributed by atoms with Gasteiger partial charge < -0.3 is 4.74 Å². The van der Waals surface area contributed by atoms with Crippen molar-refractivity contribution in [2.24, 2.45) is 10.9 Å². The Balaban J connectivity index is 2.13. The van der Waals surface area contributed by atoms with Gasteiger partial charge in [-0.25, -0.2) is 8.78 Å². The standard InChI is InChI=1S/C14H15F2NOS/c1-9-17-14(8-18-5-4-10(14)7-19-9)12-3-2-11(15)6-13(12)16/h2-3,6,10H,4-5,7-8H2,1H3. The monoisotopic (exact) mass is 283 g/mol. The summed E-state index contributed by atoms with van der Waals surface area (Å²) in [4.78, 5) is 4.69. The summed E-state index contributed by atoms with van der Waals surface area (Å²) in [5.74, 6) is 0.0702. The first-order valence-electron chi connectivity index (χ1n) is 6.34. The van der Waals surface area contributed by atoms with Crippen LogP contribution in [-0.4, -0.2) is 24.0 Å². The molecule has 2 aliphatic heterocycles. The van der Waals surface area contributed by atoms with Gasteiger partial charge in [-0.1, -0.05) is 6.07 Å². The summed E-state index contributed by atoms with van der Waals surface area (Å²) >= 11 is 1.70. The van der Waals surface area contributed by atoms with Gasteiger partial charge in [0.15, 0.2) is 0 Å². The van der Waals surface area contributed by atoms with E-state index in [1.807, 2.05) is 6.92 Å². The molecule has 102 valence electrons. The van der Waals surface area contributed by atoms with Crippen LogP contribution >= 0.6 is 11.8 Å². The normalized spacial score (nSPS) is 30.7. The molecule has 2 nitrogen and oxygen atoms in total. The summed E-state index contributed by atoms with van der Waals surface area (Å²) in [7, 11) is 0. The molecule has 3 rings (SSSR count). The van der Waals surface area contributed by atoms with Crippen LogP contribution in [0.25, 0.3) is 0 Å². The fourth-order valence-corrected chi connectivity index (χ4v) is 4.00. The Morgan fingerprint density at radius 2 is 2.26 bits per heavy atom. The first-order chi connectivity index (χ1) is 9.12. The molecule has 0 radical (unpaired) electrons. The summed E-state index contributed by atoms with van der Waals surface area (Å²) < 4.78 is 32.8. The second-order valence-corrected chi connectivity index (χ2v) is 6.24. The molecule has 2 unspecified atom stereocenters. The average Bonchev–Trinajstić information content (AvgIpc) is 2.38. The highest BCUT2D eigenvalue weighted by Crippen LogP contribution is 2.45. The zero-order chi connectivity index (χ0) is 13.5. The SMILES string of the molecule is CC1=NC2(c3ccc(F)cc3F)COCCC2CS1. The molecule has 1 fully saturated rings. The Morgan fingerprint density at radius 3 is 3.05 bits per heavy atom. The molecule has 2 atom stereocenters. The van der Waals surface area contributed by atoms with Crippen LogP contribution in [0, 0.1) is 17.6 Å². The molecule has 1 aromatic carbocycles. The Hall–Kier alpha value is -0.940. The van der Waals surface area contributed by atoms with E-state index >= 15 is 0 Å². The summed E-state index contributed by atoms with van der Waals surface area (Å²) in [6, 6.07) is 3.74. The van der Waals surface area contributed by atoms with Gasteiger partial charge in [0.2, 0.25) is 0 Å². The second-order valence-electron chi connectivity index (χ2n) is 5.03. The molecule has 2 heterocycles. The van der Waals surface area contributed by atoms with Crippen LogP contribution in [-0.2, 0) is 10.3 Å². The van der Waals surface area contributed by atoms with Gasteiger partial charge in [0.1, 0.15) is 17.2 Å². The van der Waals surface area contributed by atoms with Crippen molar-refractivity contribution in [3.8, 4) is 0 Å². The van der Waals surface area contributed by atoms with E-state index in [-0.39, 0.29) is 5.92 Å². The van der Waals surface area contributed by atoms with Crippen molar-refractivity contribution in [2.75, 3.05) is 19.0 Å². The minimum Gasteiger partial charge on any atom is -0.379 e. The molecule has 0 bridgehead atoms. The Morgan fingerprint density at radius 1 is 1.42 bits per heavy atom. The predicted molar refractivity (Wildman–Crippen MR) is 72.5 cm³/mol. The topological polar surface area (TPSA) is 21.6 Å². The molecule has 2 aliphatic rings. The molecule has 1 aromatic rings. The van der Waals surface area contributed by atoms with Gasteiger partial charge in [-0.15, -0.1) is 11.8 Å². The molecule has 0 amide bonds. The van der Waals surface area contributed by atoms with E-state index < -0.39 is 17.2 Å². The van der Waals surface area contributed by atoms with Gasteiger partial charge in [0.25, 0.3) is 0 Å². The average molecular weight is 283 g/mol. The quantitative estimate of drug-likeness (QED) is 0.788. The van der Waals surface area contributed by atoms with Crippen molar-refractivity contribution >= 4 is 16.8 Å². The van der Waals surface area contributed by atoms with Crippen LogP contribution in [0.3, 0.4) is 0 Å². The molecule has 0 N–H and O–H groups in total. The Labute approximate surface area is 115 Å². The van der Waals surface area contributed by atoms with Crippen LogP contribution in [0.2, 0.25) is 0 Å². The van der Waals surface area contributed by atoms with E-state index in [1.54, 1.807) is 11.8 Å². The molecular formula is C14H15F2NOS. The number of nitrogens with zero attached hydrogens (tertiary/aromatic N) is 1. The van der Waals surface area contributed by atoms with Gasteiger partial charge in [-0.3, -0.25) is 4.99 Å².